The van der Waals surface area contributed by atoms with E-state index in [1.165, 1.54) is 101 Å². The number of hydrogen-bond donors (Lipinski definition) is 6. The van der Waals surface area contributed by atoms with Gasteiger partial charge in [-0.1, -0.05) is 109 Å². The Morgan fingerprint density at radius 3 is 1.33 bits per heavy atom. The number of carbonyl (C=O) groups excluding carboxylic acids is 11. The molecule has 2 saturated heterocycles. The highest BCUT2D eigenvalue weighted by Gasteiger charge is 2.46. The van der Waals surface area contributed by atoms with Crippen LogP contribution in [-0.4, -0.2) is 265 Å². The average Bonchev–Trinajstić information content (AvgIpc) is 0.850. The number of amides is 11. The zero-order chi connectivity index (χ0) is 71.1. The smallest absolute Gasteiger partial charge is 0.246 e. The minimum atomic E-state index is -1.61. The number of piperazine rings is 1. The number of aliphatic hydroxyl groups is 1. The van der Waals surface area contributed by atoms with Crippen LogP contribution in [0.3, 0.4) is 0 Å². The average molecular weight is 1300 g/mol. The Morgan fingerprint density at radius 2 is 0.891 bits per heavy atom. The molecule has 2 aliphatic heterocycles. The lowest BCUT2D eigenvalue weighted by atomic mass is 9.91. The van der Waals surface area contributed by atoms with Crippen molar-refractivity contribution in [2.75, 3.05) is 89.1 Å². The van der Waals surface area contributed by atoms with E-state index in [2.05, 4.69) is 38.5 Å². The van der Waals surface area contributed by atoms with Gasteiger partial charge < -0.3 is 70.9 Å². The molecule has 0 bridgehead atoms. The van der Waals surface area contributed by atoms with Gasteiger partial charge in [-0.2, -0.15) is 0 Å². The van der Waals surface area contributed by atoms with Gasteiger partial charge in [0.25, 0.3) is 0 Å². The second-order valence-corrected chi connectivity index (χ2v) is 28.1. The van der Waals surface area contributed by atoms with Gasteiger partial charge in [0.15, 0.2) is 0 Å². The van der Waals surface area contributed by atoms with Crippen molar-refractivity contribution in [3.05, 3.63) is 12.2 Å². The Bertz CT molecular complexity index is 2470. The highest BCUT2D eigenvalue weighted by Crippen LogP contribution is 2.26. The van der Waals surface area contributed by atoms with Crippen LogP contribution in [0.2, 0.25) is 0 Å². The van der Waals surface area contributed by atoms with E-state index in [1.54, 1.807) is 54.5 Å². The number of aliphatic hydroxyl groups excluding tert-OH is 1. The lowest BCUT2D eigenvalue weighted by molar-refractivity contribution is -0.157. The van der Waals surface area contributed by atoms with Crippen LogP contribution in [0.5, 0.6) is 0 Å². The number of likely N-dealkylation sites (N-methyl/N-ethyl adjacent to an activating group) is 8. The van der Waals surface area contributed by atoms with E-state index in [0.717, 1.165) is 22.9 Å². The molecule has 0 aromatic carbocycles. The molecule has 0 aromatic rings. The van der Waals surface area contributed by atoms with Crippen molar-refractivity contribution in [3.63, 3.8) is 0 Å². The minimum Gasteiger partial charge on any atom is -0.390 e. The Hall–Kier alpha value is -6.21. The van der Waals surface area contributed by atoms with Crippen molar-refractivity contribution >= 4 is 65.0 Å². The first-order chi connectivity index (χ1) is 42.6. The van der Waals surface area contributed by atoms with Gasteiger partial charge in [0.05, 0.1) is 12.6 Å². The van der Waals surface area contributed by atoms with Crippen LogP contribution in [0, 0.1) is 41.4 Å². The fraction of sp³-hybridized carbons (Fsp3) is 0.806. The maximum Gasteiger partial charge on any atom is 0.246 e. The number of rotatable bonds is 15. The molecule has 0 aliphatic carbocycles. The summed E-state index contributed by atoms with van der Waals surface area (Å²) < 4.78 is 0. The minimum absolute atomic E-state index is 0.0229. The molecular formula is C67H123N13O12. The number of nitrogens with zero attached hydrogens (tertiary/aromatic N) is 8. The van der Waals surface area contributed by atoms with E-state index >= 15 is 9.59 Å². The summed E-state index contributed by atoms with van der Waals surface area (Å²) in [5, 5.41) is 26.3. The molecule has 2 fully saturated rings. The number of hydrogen-bond acceptors (Lipinski definition) is 14. The van der Waals surface area contributed by atoms with E-state index in [4.69, 9.17) is 0 Å². The molecule has 0 saturated carbocycles. The van der Waals surface area contributed by atoms with Crippen LogP contribution in [0.15, 0.2) is 12.2 Å². The summed E-state index contributed by atoms with van der Waals surface area (Å²) in [5.41, 5.74) is 0. The molecule has 2 aliphatic rings. The fourth-order valence-electron chi connectivity index (χ4n) is 11.5. The molecule has 0 radical (unpaired) electrons. The Balaban J connectivity index is 0.00000562. The van der Waals surface area contributed by atoms with E-state index < -0.39 is 156 Å². The molecule has 2 heterocycles. The predicted octanol–water partition coefficient (Wildman–Crippen LogP) is 2.79. The molecule has 0 aromatic heterocycles. The van der Waals surface area contributed by atoms with Crippen molar-refractivity contribution in [2.45, 2.75) is 223 Å². The van der Waals surface area contributed by atoms with Gasteiger partial charge >= 0.3 is 0 Å². The van der Waals surface area contributed by atoms with Crippen molar-refractivity contribution < 1.29 is 57.8 Å². The summed E-state index contributed by atoms with van der Waals surface area (Å²) in [5.74, 6) is -9.71. The van der Waals surface area contributed by atoms with E-state index in [1.807, 2.05) is 61.5 Å². The second kappa shape index (κ2) is 39.5. The molecule has 2 rings (SSSR count). The molecule has 0 unspecified atom stereocenters. The molecule has 12 atom stereocenters. The first-order valence-corrected chi connectivity index (χ1v) is 33.3. The maximum absolute atomic E-state index is 15.1. The lowest BCUT2D eigenvalue weighted by Crippen LogP contribution is -2.63. The highest BCUT2D eigenvalue weighted by molar-refractivity contribution is 5.99. The molecule has 0 spiro atoms. The molecule has 25 nitrogen and oxygen atoms in total. The highest BCUT2D eigenvalue weighted by atomic mass is 16.3. The molecule has 528 valence electrons. The second-order valence-electron chi connectivity index (χ2n) is 28.1. The van der Waals surface area contributed by atoms with Crippen LogP contribution in [0.4, 0.5) is 0 Å². The molecule has 6 N–H and O–H groups in total. The summed E-state index contributed by atoms with van der Waals surface area (Å²) in [4.78, 5) is 171. The van der Waals surface area contributed by atoms with E-state index in [-0.39, 0.29) is 55.8 Å². The van der Waals surface area contributed by atoms with Crippen molar-refractivity contribution in [1.82, 2.24) is 65.8 Å². The van der Waals surface area contributed by atoms with Crippen LogP contribution >= 0.6 is 0 Å². The number of allylic oxidation sites excluding steroid dienone is 2. The third-order valence-corrected chi connectivity index (χ3v) is 17.4. The number of nitrogens with one attached hydrogen (secondary N) is 5. The SMILES string of the molecule is CC=CC[C@@H](C)[C@@H](O)[C@H]1C(=O)N[C@@H](CC)C(=O)N(C)CC(=O)N(C)[C@@H](CC(C)C)C(=O)N[C@@H](C(C)C)C(=O)N(C)[C@@H](CC(C)C)C(=O)N[C@@H](C)C(=O)N[C@H](C)C(=O)N(C)[C@@H](CC(C)C)C(=O)N(C)[C@@H](CC(C)C)C(=O)N(C)[C@@H](C(C)C)C(=O)N1C.CN1CCNCC1. The zero-order valence-electron chi connectivity index (χ0n) is 60.8. The standard InChI is InChI=1S/C62H111N11O12.C5H12N2/c1-25-27-28-40(15)52(75)51-56(79)65-43(26-2)58(81)67(18)33-48(74)68(19)44(29-34(3)4)55(78)66-49(38(11)12)61(84)69(20)45(30-35(5)6)54(77)63-41(16)53(76)64-42(17)57(80)70(21)46(31-36(7)8)59(82)71(22)47(32-37(9)10)60(83)72(23)50(39(13)14)62(85)73(51)24;1-7-4-2-6-3-5-7/h25,27,34-47,49-52,75H,26,28-33H2,1-24H3,(H,63,77)(H,64,76)(H,65,79)(H,66,78);6H,2-5H2,1H3/t40-,41+,42-,43+,44+,45+,46+,47+,49+,50+,51+,52-;/m1./s1. The molecule has 25 heteroatoms. The Kier molecular flexibility index (Phi) is 36.0. The van der Waals surface area contributed by atoms with Gasteiger partial charge in [-0.15, -0.1) is 0 Å². The first-order valence-electron chi connectivity index (χ1n) is 33.3. The first kappa shape index (κ1) is 83.8. The topological polar surface area (TPSA) is 294 Å². The van der Waals surface area contributed by atoms with Gasteiger partial charge in [0.1, 0.15) is 60.4 Å². The Morgan fingerprint density at radius 1 is 0.467 bits per heavy atom. The maximum atomic E-state index is 15.1. The molecule has 92 heavy (non-hydrogen) atoms. The predicted molar refractivity (Wildman–Crippen MR) is 359 cm³/mol. The van der Waals surface area contributed by atoms with Crippen LogP contribution in [0.1, 0.15) is 156 Å². The molecule has 11 amide bonds. The summed E-state index contributed by atoms with van der Waals surface area (Å²) in [6.45, 7) is 34.1. The Labute approximate surface area is 552 Å². The summed E-state index contributed by atoms with van der Waals surface area (Å²) in [6.07, 6.45) is 3.04. The van der Waals surface area contributed by atoms with Crippen molar-refractivity contribution in [1.29, 1.82) is 0 Å². The molecular weight excluding hydrogens is 1180 g/mol. The third kappa shape index (κ3) is 24.9. The van der Waals surface area contributed by atoms with Gasteiger partial charge in [-0.25, -0.2) is 0 Å². The van der Waals surface area contributed by atoms with Crippen molar-refractivity contribution in [3.8, 4) is 0 Å². The van der Waals surface area contributed by atoms with E-state index in [0.29, 0.717) is 6.42 Å². The third-order valence-electron chi connectivity index (χ3n) is 17.4. The van der Waals surface area contributed by atoms with Gasteiger partial charge in [-0.05, 0) is 108 Å². The van der Waals surface area contributed by atoms with Crippen molar-refractivity contribution in [2.24, 2.45) is 41.4 Å². The summed E-state index contributed by atoms with van der Waals surface area (Å²) in [6, 6.07) is -12.3. The van der Waals surface area contributed by atoms with Crippen LogP contribution < -0.4 is 26.6 Å². The van der Waals surface area contributed by atoms with Crippen LogP contribution in [-0.2, 0) is 52.7 Å². The van der Waals surface area contributed by atoms with Gasteiger partial charge in [0, 0.05) is 75.5 Å². The summed E-state index contributed by atoms with van der Waals surface area (Å²) >= 11 is 0. The lowest BCUT2D eigenvalue weighted by Gasteiger charge is -2.41. The van der Waals surface area contributed by atoms with Gasteiger partial charge in [0.2, 0.25) is 65.0 Å². The fourth-order valence-corrected chi connectivity index (χ4v) is 11.5. The zero-order valence-corrected chi connectivity index (χ0v) is 60.8. The monoisotopic (exact) mass is 1300 g/mol. The normalized spacial score (nSPS) is 26.8. The number of carbonyl (C=O) groups is 11. The quantitative estimate of drug-likeness (QED) is 0.129. The van der Waals surface area contributed by atoms with Crippen LogP contribution in [0.25, 0.3) is 0 Å². The van der Waals surface area contributed by atoms with Gasteiger partial charge in [-0.3, -0.25) is 52.7 Å². The largest absolute Gasteiger partial charge is 0.390 e. The summed E-state index contributed by atoms with van der Waals surface area (Å²) in [7, 11) is 12.1. The van der Waals surface area contributed by atoms with E-state index in [9.17, 15) is 48.3 Å².